The fourth-order valence-electron chi connectivity index (χ4n) is 2.36. The van der Waals surface area contributed by atoms with Crippen LogP contribution in [0.15, 0.2) is 14.7 Å². The molecule has 2 amide bonds. The first-order valence-electron chi connectivity index (χ1n) is 8.18. The number of amides is 2. The summed E-state index contributed by atoms with van der Waals surface area (Å²) in [4.78, 5) is 52.0. The second kappa shape index (κ2) is 8.21. The molecule has 0 saturated carbocycles. The van der Waals surface area contributed by atoms with Crippen LogP contribution in [-0.2, 0) is 30.2 Å². The number of imidazole rings is 1. The Kier molecular flexibility index (Phi) is 6.24. The van der Waals surface area contributed by atoms with Crippen molar-refractivity contribution in [3.8, 4) is 0 Å². The number of fused-ring (bicyclic) bond motifs is 1. The summed E-state index contributed by atoms with van der Waals surface area (Å²) >= 11 is 1.13. The first-order valence-corrected chi connectivity index (χ1v) is 9.17. The molecule has 11 heteroatoms. The lowest BCUT2D eigenvalue weighted by atomic mass is 10.4. The molecule has 2 rings (SSSR count). The van der Waals surface area contributed by atoms with Gasteiger partial charge in [0.05, 0.1) is 5.75 Å². The van der Waals surface area contributed by atoms with Crippen LogP contribution >= 0.6 is 11.8 Å². The molecule has 26 heavy (non-hydrogen) atoms. The van der Waals surface area contributed by atoms with Crippen molar-refractivity contribution in [2.24, 2.45) is 14.1 Å². The zero-order valence-electron chi connectivity index (χ0n) is 15.2. The molecule has 0 radical (unpaired) electrons. The highest BCUT2D eigenvalue weighted by atomic mass is 32.2. The number of hydrogen-bond donors (Lipinski definition) is 2. The lowest BCUT2D eigenvalue weighted by Gasteiger charge is -2.08. The smallest absolute Gasteiger partial charge is 0.313 e. The molecular formula is C15H22N6O4S. The molecule has 0 unspecified atom stereocenters. The highest BCUT2D eigenvalue weighted by Gasteiger charge is 2.19. The van der Waals surface area contributed by atoms with Crippen molar-refractivity contribution in [1.82, 2.24) is 29.5 Å². The van der Waals surface area contributed by atoms with Gasteiger partial charge in [0.25, 0.3) is 5.56 Å². The normalized spacial score (nSPS) is 10.9. The number of nitrogens with zero attached hydrogens (tertiary/aromatic N) is 4. The van der Waals surface area contributed by atoms with Crippen LogP contribution < -0.4 is 22.1 Å². The Morgan fingerprint density at radius 2 is 1.73 bits per heavy atom. The predicted molar refractivity (Wildman–Crippen MR) is 97.8 cm³/mol. The molecule has 2 N–H and O–H groups in total. The number of carbonyl (C=O) groups excluding carboxylic acids is 2. The van der Waals surface area contributed by atoms with Crippen molar-refractivity contribution in [1.29, 1.82) is 0 Å². The number of hydrogen-bond acceptors (Lipinski definition) is 6. The molecule has 0 aliphatic rings. The van der Waals surface area contributed by atoms with E-state index in [0.717, 1.165) is 22.7 Å². The van der Waals surface area contributed by atoms with Gasteiger partial charge in [0.2, 0.25) is 11.8 Å². The van der Waals surface area contributed by atoms with Crippen LogP contribution in [0.1, 0.15) is 26.7 Å². The van der Waals surface area contributed by atoms with Gasteiger partial charge in [-0.15, -0.1) is 0 Å². The Morgan fingerprint density at radius 3 is 2.35 bits per heavy atom. The topological polar surface area (TPSA) is 120 Å². The number of aryl methyl sites for hydroxylation is 2. The van der Waals surface area contributed by atoms with Crippen molar-refractivity contribution in [3.63, 3.8) is 0 Å². The number of rotatable bonds is 6. The van der Waals surface area contributed by atoms with Gasteiger partial charge in [-0.2, -0.15) is 0 Å². The Balaban J connectivity index is 2.34. The van der Waals surface area contributed by atoms with Gasteiger partial charge >= 0.3 is 5.69 Å². The van der Waals surface area contributed by atoms with Gasteiger partial charge in [-0.05, 0) is 6.42 Å². The Morgan fingerprint density at radius 1 is 1.08 bits per heavy atom. The maximum atomic E-state index is 12.5. The van der Waals surface area contributed by atoms with Gasteiger partial charge in [0, 0.05) is 27.1 Å². The molecule has 2 heterocycles. The zero-order valence-corrected chi connectivity index (χ0v) is 16.0. The maximum Gasteiger partial charge on any atom is 0.332 e. The summed E-state index contributed by atoms with van der Waals surface area (Å²) in [6, 6.07) is 0. The molecule has 0 saturated heterocycles. The largest absolute Gasteiger partial charge is 0.332 e. The minimum absolute atomic E-state index is 0.00525. The number of thioether (sulfide) groups is 1. The number of carbonyl (C=O) groups is 2. The van der Waals surface area contributed by atoms with Crippen LogP contribution in [0.4, 0.5) is 0 Å². The van der Waals surface area contributed by atoms with Crippen molar-refractivity contribution >= 4 is 34.7 Å². The molecule has 142 valence electrons. The third-order valence-electron chi connectivity index (χ3n) is 3.75. The summed E-state index contributed by atoms with van der Waals surface area (Å²) < 4.78 is 4.08. The molecule has 0 fully saturated rings. The lowest BCUT2D eigenvalue weighted by molar-refractivity contribution is -0.127. The Bertz CT molecular complexity index is 958. The average molecular weight is 382 g/mol. The van der Waals surface area contributed by atoms with Gasteiger partial charge in [0.1, 0.15) is 0 Å². The third-order valence-corrected chi connectivity index (χ3v) is 4.73. The zero-order chi connectivity index (χ0) is 19.4. The van der Waals surface area contributed by atoms with Gasteiger partial charge in [0.15, 0.2) is 16.3 Å². The van der Waals surface area contributed by atoms with E-state index in [1.54, 1.807) is 18.5 Å². The molecule has 10 nitrogen and oxygen atoms in total. The van der Waals surface area contributed by atoms with Crippen LogP contribution in [0.25, 0.3) is 11.2 Å². The maximum absolute atomic E-state index is 12.5. The van der Waals surface area contributed by atoms with Gasteiger partial charge in [-0.25, -0.2) is 9.78 Å². The number of nitrogens with one attached hydrogen (secondary N) is 2. The van der Waals surface area contributed by atoms with Gasteiger partial charge < -0.3 is 4.57 Å². The average Bonchev–Trinajstić information content (AvgIpc) is 2.99. The van der Waals surface area contributed by atoms with Crippen LogP contribution in [-0.4, -0.2) is 36.3 Å². The second-order valence-corrected chi connectivity index (χ2v) is 6.61. The predicted octanol–water partition coefficient (Wildman–Crippen LogP) is -0.507. The molecule has 2 aromatic heterocycles. The van der Waals surface area contributed by atoms with E-state index in [1.807, 2.05) is 6.92 Å². The van der Waals surface area contributed by atoms with Crippen molar-refractivity contribution < 1.29 is 9.59 Å². The highest BCUT2D eigenvalue weighted by Crippen LogP contribution is 2.21. The Hall–Kier alpha value is -2.56. The molecule has 0 aliphatic heterocycles. The van der Waals surface area contributed by atoms with E-state index >= 15 is 0 Å². The van der Waals surface area contributed by atoms with E-state index in [4.69, 9.17) is 0 Å². The standard InChI is InChI=1S/C15H22N6O4S/c1-5-7-21-11-12(19(3)15(25)20(4)13(11)24)16-14(21)26-8-10(23)18-17-9(22)6-2/h5-8H2,1-4H3,(H,17,22)(H,18,23). The fourth-order valence-corrected chi connectivity index (χ4v) is 3.18. The van der Waals surface area contributed by atoms with E-state index in [1.165, 1.54) is 11.6 Å². The van der Waals surface area contributed by atoms with Crippen molar-refractivity contribution in [2.45, 2.75) is 38.4 Å². The van der Waals surface area contributed by atoms with E-state index in [0.29, 0.717) is 17.2 Å². The van der Waals surface area contributed by atoms with Crippen molar-refractivity contribution in [2.75, 3.05) is 5.75 Å². The monoisotopic (exact) mass is 382 g/mol. The summed E-state index contributed by atoms with van der Waals surface area (Å²) in [7, 11) is 2.97. The van der Waals surface area contributed by atoms with Crippen LogP contribution in [0.5, 0.6) is 0 Å². The molecule has 0 atom stereocenters. The quantitative estimate of drug-likeness (QED) is 0.513. The molecule has 0 aromatic carbocycles. The minimum atomic E-state index is -0.458. The Labute approximate surface area is 153 Å². The van der Waals surface area contributed by atoms with E-state index < -0.39 is 17.2 Å². The molecule has 2 aromatic rings. The molecule has 0 bridgehead atoms. The van der Waals surface area contributed by atoms with Crippen molar-refractivity contribution in [3.05, 3.63) is 20.8 Å². The SMILES string of the molecule is CCCn1c(SCC(=O)NNC(=O)CC)nc2c1c(=O)n(C)c(=O)n2C. The number of hydrazine groups is 1. The van der Waals surface area contributed by atoms with Crippen LogP contribution in [0, 0.1) is 0 Å². The molecule has 0 spiro atoms. The van der Waals surface area contributed by atoms with E-state index in [2.05, 4.69) is 15.8 Å². The van der Waals surface area contributed by atoms with Crippen LogP contribution in [0.2, 0.25) is 0 Å². The van der Waals surface area contributed by atoms with E-state index in [9.17, 15) is 19.2 Å². The lowest BCUT2D eigenvalue weighted by Crippen LogP contribution is -2.42. The van der Waals surface area contributed by atoms with Gasteiger partial charge in [-0.1, -0.05) is 25.6 Å². The highest BCUT2D eigenvalue weighted by molar-refractivity contribution is 7.99. The summed E-state index contributed by atoms with van der Waals surface area (Å²) in [5.74, 6) is -0.681. The second-order valence-electron chi connectivity index (χ2n) is 5.66. The first kappa shape index (κ1) is 19.8. The third kappa shape index (κ3) is 3.82. The van der Waals surface area contributed by atoms with Gasteiger partial charge in [-0.3, -0.25) is 34.4 Å². The summed E-state index contributed by atoms with van der Waals surface area (Å²) in [6.07, 6.45) is 1.01. The number of aromatic nitrogens is 4. The first-order chi connectivity index (χ1) is 12.3. The summed E-state index contributed by atoms with van der Waals surface area (Å²) in [6.45, 7) is 4.16. The minimum Gasteiger partial charge on any atom is -0.313 e. The summed E-state index contributed by atoms with van der Waals surface area (Å²) in [5, 5.41) is 0.470. The molecule has 0 aliphatic carbocycles. The van der Waals surface area contributed by atoms with Crippen LogP contribution in [0.3, 0.4) is 0 Å². The fraction of sp³-hybridized carbons (Fsp3) is 0.533. The summed E-state index contributed by atoms with van der Waals surface area (Å²) in [5.41, 5.74) is 4.34. The molecular weight excluding hydrogens is 360 g/mol. The van der Waals surface area contributed by atoms with E-state index in [-0.39, 0.29) is 23.7 Å².